The van der Waals surface area contributed by atoms with Crippen LogP contribution in [0.5, 0.6) is 5.75 Å². The van der Waals surface area contributed by atoms with Gasteiger partial charge < -0.3 is 29.3 Å². The van der Waals surface area contributed by atoms with Crippen LogP contribution < -0.4 is 15.0 Å². The van der Waals surface area contributed by atoms with Gasteiger partial charge in [-0.25, -0.2) is 0 Å². The van der Waals surface area contributed by atoms with Gasteiger partial charge in [-0.3, -0.25) is 9.59 Å². The lowest BCUT2D eigenvalue weighted by molar-refractivity contribution is -0.119. The zero-order chi connectivity index (χ0) is 23.8. The lowest BCUT2D eigenvalue weighted by Gasteiger charge is -2.28. The van der Waals surface area contributed by atoms with Crippen molar-refractivity contribution in [2.24, 2.45) is 0 Å². The second-order valence-electron chi connectivity index (χ2n) is 8.27. The summed E-state index contributed by atoms with van der Waals surface area (Å²) in [5.41, 5.74) is 3.14. The number of amides is 2. The largest absolute Gasteiger partial charge is 0.497 e. The lowest BCUT2D eigenvalue weighted by Crippen LogP contribution is -2.37. The summed E-state index contributed by atoms with van der Waals surface area (Å²) in [4.78, 5) is 29.3. The van der Waals surface area contributed by atoms with Gasteiger partial charge in [-0.05, 0) is 60.9 Å². The molecule has 8 heteroatoms. The van der Waals surface area contributed by atoms with Crippen molar-refractivity contribution in [1.82, 2.24) is 4.90 Å². The molecule has 0 spiro atoms. The molecule has 1 aliphatic heterocycles. The molecular formula is C25H33N3O5. The number of hydrogen-bond acceptors (Lipinski definition) is 6. The van der Waals surface area contributed by atoms with E-state index in [0.717, 1.165) is 30.7 Å². The van der Waals surface area contributed by atoms with Crippen LogP contribution in [-0.2, 0) is 20.8 Å². The molecule has 1 unspecified atom stereocenters. The molecule has 0 aliphatic carbocycles. The number of nitrogens with one attached hydrogen (secondary N) is 1. The molecular weight excluding hydrogens is 422 g/mol. The molecule has 0 bridgehead atoms. The Morgan fingerprint density at radius 3 is 2.48 bits per heavy atom. The van der Waals surface area contributed by atoms with Crippen LogP contribution in [0.15, 0.2) is 42.5 Å². The van der Waals surface area contributed by atoms with Crippen LogP contribution in [0.3, 0.4) is 0 Å². The van der Waals surface area contributed by atoms with Crippen molar-refractivity contribution in [1.29, 1.82) is 0 Å². The van der Waals surface area contributed by atoms with Gasteiger partial charge in [-0.15, -0.1) is 0 Å². The van der Waals surface area contributed by atoms with Gasteiger partial charge in [0.25, 0.3) is 5.91 Å². The van der Waals surface area contributed by atoms with Crippen molar-refractivity contribution < 1.29 is 23.8 Å². The Morgan fingerprint density at radius 1 is 1.12 bits per heavy atom. The van der Waals surface area contributed by atoms with Gasteiger partial charge in [-0.1, -0.05) is 0 Å². The summed E-state index contributed by atoms with van der Waals surface area (Å²) in [7, 11) is 6.99. The second-order valence-corrected chi connectivity index (χ2v) is 8.27. The fourth-order valence-electron chi connectivity index (χ4n) is 3.93. The van der Waals surface area contributed by atoms with E-state index in [1.54, 1.807) is 31.4 Å². The van der Waals surface area contributed by atoms with Gasteiger partial charge in [0.05, 0.1) is 13.2 Å². The van der Waals surface area contributed by atoms with Crippen molar-refractivity contribution in [3.8, 4) is 5.75 Å². The van der Waals surface area contributed by atoms with Crippen LogP contribution in [0.1, 0.15) is 28.8 Å². The molecule has 2 amide bonds. The molecule has 0 saturated carbocycles. The van der Waals surface area contributed by atoms with E-state index in [-0.39, 0.29) is 24.5 Å². The number of rotatable bonds is 10. The van der Waals surface area contributed by atoms with Crippen molar-refractivity contribution in [2.75, 3.05) is 58.3 Å². The molecule has 1 N–H and O–H groups in total. The Bertz CT molecular complexity index is 940. The highest BCUT2D eigenvalue weighted by Gasteiger charge is 2.25. The number of carbonyl (C=O) groups is 2. The maximum atomic E-state index is 13.5. The normalized spacial score (nSPS) is 15.2. The number of carbonyl (C=O) groups excluding carboxylic acids is 2. The zero-order valence-corrected chi connectivity index (χ0v) is 19.8. The Morgan fingerprint density at radius 2 is 1.88 bits per heavy atom. The zero-order valence-electron chi connectivity index (χ0n) is 19.8. The first-order valence-electron chi connectivity index (χ1n) is 11.0. The van der Waals surface area contributed by atoms with E-state index in [9.17, 15) is 9.59 Å². The maximum absolute atomic E-state index is 13.5. The minimum Gasteiger partial charge on any atom is -0.497 e. The molecule has 1 aliphatic rings. The molecule has 0 aromatic heterocycles. The first-order chi connectivity index (χ1) is 15.9. The maximum Gasteiger partial charge on any atom is 0.254 e. The Balaban J connectivity index is 1.89. The highest BCUT2D eigenvalue weighted by Crippen LogP contribution is 2.26. The summed E-state index contributed by atoms with van der Waals surface area (Å²) in [6.07, 6.45) is 1.94. The van der Waals surface area contributed by atoms with Crippen LogP contribution in [0, 0.1) is 0 Å². The second kappa shape index (κ2) is 11.7. The Hall–Kier alpha value is -3.10. The van der Waals surface area contributed by atoms with E-state index in [2.05, 4.69) is 5.32 Å². The van der Waals surface area contributed by atoms with Crippen LogP contribution in [0.4, 0.5) is 11.4 Å². The lowest BCUT2D eigenvalue weighted by atomic mass is 10.1. The topological polar surface area (TPSA) is 80.3 Å². The molecule has 33 heavy (non-hydrogen) atoms. The first-order valence-corrected chi connectivity index (χ1v) is 11.0. The van der Waals surface area contributed by atoms with Crippen molar-refractivity contribution >= 4 is 23.2 Å². The molecule has 8 nitrogen and oxygen atoms in total. The molecule has 1 atom stereocenters. The van der Waals surface area contributed by atoms with Crippen molar-refractivity contribution in [2.45, 2.75) is 25.5 Å². The van der Waals surface area contributed by atoms with Gasteiger partial charge in [0.1, 0.15) is 12.4 Å². The molecule has 3 rings (SSSR count). The minimum absolute atomic E-state index is 0.0135. The Labute approximate surface area is 195 Å². The smallest absolute Gasteiger partial charge is 0.254 e. The molecule has 0 radical (unpaired) electrons. The highest BCUT2D eigenvalue weighted by molar-refractivity contribution is 5.94. The fraction of sp³-hybridized carbons (Fsp3) is 0.440. The van der Waals surface area contributed by atoms with Gasteiger partial charge in [-0.2, -0.15) is 0 Å². The van der Waals surface area contributed by atoms with Gasteiger partial charge in [0.15, 0.2) is 0 Å². The molecule has 1 saturated heterocycles. The number of anilines is 2. The SMILES string of the molecule is COCC(=O)Nc1ccc(N(C)C)c(CN(CC2CCCO2)C(=O)c2ccc(OC)cc2)c1. The quantitative estimate of drug-likeness (QED) is 0.593. The molecule has 2 aromatic carbocycles. The molecule has 178 valence electrons. The number of methoxy groups -OCH3 is 2. The van der Waals surface area contributed by atoms with Crippen LogP contribution in [0.25, 0.3) is 0 Å². The van der Waals surface area contributed by atoms with E-state index < -0.39 is 0 Å². The third-order valence-corrected chi connectivity index (χ3v) is 5.55. The van der Waals surface area contributed by atoms with E-state index in [4.69, 9.17) is 14.2 Å². The van der Waals surface area contributed by atoms with Gasteiger partial charge >= 0.3 is 0 Å². The van der Waals surface area contributed by atoms with Crippen molar-refractivity contribution in [3.63, 3.8) is 0 Å². The average Bonchev–Trinajstić information content (AvgIpc) is 3.31. The first kappa shape index (κ1) is 24.5. The number of ether oxygens (including phenoxy) is 3. The van der Waals surface area contributed by atoms with Crippen molar-refractivity contribution in [3.05, 3.63) is 53.6 Å². The third kappa shape index (κ3) is 6.69. The monoisotopic (exact) mass is 455 g/mol. The summed E-state index contributed by atoms with van der Waals surface area (Å²) < 4.78 is 16.0. The van der Waals surface area contributed by atoms with Gasteiger partial charge in [0, 0.05) is 57.8 Å². The summed E-state index contributed by atoms with van der Waals surface area (Å²) in [5.74, 6) is 0.393. The van der Waals surface area contributed by atoms with Crippen LogP contribution in [-0.4, -0.2) is 70.9 Å². The van der Waals surface area contributed by atoms with E-state index in [1.165, 1.54) is 7.11 Å². The van der Waals surface area contributed by atoms with Crippen LogP contribution >= 0.6 is 0 Å². The number of benzene rings is 2. The summed E-state index contributed by atoms with van der Waals surface area (Å²) >= 11 is 0. The predicted molar refractivity (Wildman–Crippen MR) is 128 cm³/mol. The molecule has 2 aromatic rings. The fourth-order valence-corrected chi connectivity index (χ4v) is 3.93. The Kier molecular flexibility index (Phi) is 8.68. The van der Waals surface area contributed by atoms with E-state index in [0.29, 0.717) is 30.1 Å². The standard InChI is InChI=1S/C25H33N3O5/c1-27(2)23-12-9-20(26-24(29)17-31-3)14-19(23)15-28(16-22-6-5-13-33-22)25(30)18-7-10-21(32-4)11-8-18/h7-12,14,22H,5-6,13,15-17H2,1-4H3,(H,26,29). The highest BCUT2D eigenvalue weighted by atomic mass is 16.5. The summed E-state index contributed by atoms with van der Waals surface area (Å²) in [5, 5.41) is 2.84. The minimum atomic E-state index is -0.230. The molecule has 1 fully saturated rings. The number of hydrogen-bond donors (Lipinski definition) is 1. The summed E-state index contributed by atoms with van der Waals surface area (Å²) in [6.45, 7) is 1.58. The average molecular weight is 456 g/mol. The predicted octanol–water partition coefficient (Wildman–Crippen LogP) is 3.17. The third-order valence-electron chi connectivity index (χ3n) is 5.55. The van der Waals surface area contributed by atoms with E-state index in [1.807, 2.05) is 42.1 Å². The number of nitrogens with zero attached hydrogens (tertiary/aromatic N) is 2. The van der Waals surface area contributed by atoms with Crippen LogP contribution in [0.2, 0.25) is 0 Å². The van der Waals surface area contributed by atoms with E-state index >= 15 is 0 Å². The summed E-state index contributed by atoms with van der Waals surface area (Å²) in [6, 6.07) is 12.8. The van der Waals surface area contributed by atoms with Gasteiger partial charge in [0.2, 0.25) is 5.91 Å². The molecule has 1 heterocycles.